The molecule has 144 valence electrons. The molecule has 0 rings (SSSR count). The summed E-state index contributed by atoms with van der Waals surface area (Å²) in [5, 5.41) is 2.24. The van der Waals surface area contributed by atoms with Crippen LogP contribution in [0.15, 0.2) is 0 Å². The number of halogens is 1. The Kier molecular flexibility index (Phi) is 14.6. The third-order valence-corrected chi connectivity index (χ3v) is 14.7. The van der Waals surface area contributed by atoms with Crippen molar-refractivity contribution < 1.29 is 9.18 Å². The van der Waals surface area contributed by atoms with Crippen molar-refractivity contribution in [2.45, 2.75) is 94.2 Å². The first-order chi connectivity index (χ1) is 11.3. The number of nitrogens with one attached hydrogen (secondary N) is 1. The minimum atomic E-state index is -1.38. The molecule has 2 atom stereocenters. The Morgan fingerprint density at radius 3 is 2.04 bits per heavy atom. The van der Waals surface area contributed by atoms with E-state index in [0.29, 0.717) is 6.54 Å². The van der Waals surface area contributed by atoms with Crippen LogP contribution < -0.4 is 5.32 Å². The molecule has 0 aromatic rings. The van der Waals surface area contributed by atoms with Crippen molar-refractivity contribution in [1.82, 2.24) is 5.32 Å². The molecule has 0 fully saturated rings. The topological polar surface area (TPSA) is 29.1 Å². The molecule has 0 aromatic heterocycles. The van der Waals surface area contributed by atoms with E-state index in [1.807, 2.05) is 0 Å². The molecule has 2 unspecified atom stereocenters. The predicted octanol–water partition coefficient (Wildman–Crippen LogP) is 4.43. The molecule has 0 spiro atoms. The predicted molar refractivity (Wildman–Crippen MR) is 120 cm³/mol. The number of carbonyl (C=O) groups excluding carboxylic acids is 1. The van der Waals surface area contributed by atoms with Crippen LogP contribution in [-0.4, -0.2) is 48.6 Å². The molecule has 24 heavy (non-hydrogen) atoms. The Bertz CT molecular complexity index is 330. The third kappa shape index (κ3) is 12.6. The van der Waals surface area contributed by atoms with Gasteiger partial charge >= 0.3 is 6.16 Å². The van der Waals surface area contributed by atoms with Crippen molar-refractivity contribution in [3.63, 3.8) is 0 Å². The lowest BCUT2D eigenvalue weighted by molar-refractivity contribution is 0.221. The third-order valence-electron chi connectivity index (χ3n) is 5.23. The number of carbonyl (C=O) groups is 1. The normalized spacial score (nSPS) is 14.9. The highest BCUT2D eigenvalue weighted by Gasteiger charge is 2.28. The van der Waals surface area contributed by atoms with Gasteiger partial charge < -0.3 is 5.32 Å². The van der Waals surface area contributed by atoms with Crippen molar-refractivity contribution >= 4 is 42.1 Å². The molecular formula is C17H42FNOSi4. The van der Waals surface area contributed by atoms with Gasteiger partial charge in [-0.2, -0.15) is 0 Å². The zero-order chi connectivity index (χ0) is 18.5. The molecule has 0 saturated heterocycles. The lowest BCUT2D eigenvalue weighted by atomic mass is 10.1. The highest BCUT2D eigenvalue weighted by Crippen LogP contribution is 2.39. The lowest BCUT2D eigenvalue weighted by Crippen LogP contribution is -2.28. The van der Waals surface area contributed by atoms with Crippen LogP contribution in [-0.2, 0) is 0 Å². The number of unbranched alkanes of at least 4 members (excludes halogenated alkanes) is 1. The van der Waals surface area contributed by atoms with Crippen LogP contribution in [0.1, 0.15) is 25.7 Å². The minimum Gasteiger partial charge on any atom is -0.328 e. The van der Waals surface area contributed by atoms with Crippen LogP contribution >= 0.6 is 0 Å². The second-order valence-corrected chi connectivity index (χ2v) is 20.6. The van der Waals surface area contributed by atoms with Crippen molar-refractivity contribution in [3.05, 3.63) is 0 Å². The fourth-order valence-corrected chi connectivity index (χ4v) is 17.0. The highest BCUT2D eigenvalue weighted by molar-refractivity contribution is 6.67. The molecule has 0 aliphatic carbocycles. The lowest BCUT2D eigenvalue weighted by Gasteiger charge is -2.33. The molecule has 1 amide bonds. The van der Waals surface area contributed by atoms with E-state index in [-0.39, 0.29) is 9.52 Å². The van der Waals surface area contributed by atoms with Crippen LogP contribution in [0, 0.1) is 0 Å². The van der Waals surface area contributed by atoms with Crippen molar-refractivity contribution in [2.75, 3.05) is 6.54 Å². The maximum atomic E-state index is 12.0. The number of hydrogen-bond acceptors (Lipinski definition) is 1. The van der Waals surface area contributed by atoms with E-state index < -0.39 is 32.6 Å². The average molecular weight is 408 g/mol. The number of hydrogen-bond donors (Lipinski definition) is 1. The number of rotatable bonds is 14. The van der Waals surface area contributed by atoms with E-state index >= 15 is 0 Å². The molecule has 0 aliphatic rings. The fourth-order valence-electron chi connectivity index (χ4n) is 3.93. The van der Waals surface area contributed by atoms with Crippen LogP contribution in [0.25, 0.3) is 0 Å². The number of amides is 1. The van der Waals surface area contributed by atoms with Gasteiger partial charge in [0.1, 0.15) is 0 Å². The largest absolute Gasteiger partial charge is 0.397 e. The second kappa shape index (κ2) is 14.4. The van der Waals surface area contributed by atoms with E-state index in [0.717, 1.165) is 17.5 Å². The SMILES string of the molecule is C[SiH](C)CC(C(CCCC[SiH2]CCCNC(=O)F)[SiH](C)C)[SiH](C)C. The van der Waals surface area contributed by atoms with E-state index in [1.54, 1.807) is 6.04 Å². The summed E-state index contributed by atoms with van der Waals surface area (Å²) in [5.41, 5.74) is 2.21. The van der Waals surface area contributed by atoms with Crippen LogP contribution in [0.3, 0.4) is 0 Å². The van der Waals surface area contributed by atoms with Crippen LogP contribution in [0.5, 0.6) is 0 Å². The van der Waals surface area contributed by atoms with Gasteiger partial charge in [-0.25, -0.2) is 4.79 Å². The van der Waals surface area contributed by atoms with Gasteiger partial charge in [0.05, 0.1) is 0 Å². The molecule has 0 aromatic carbocycles. The molecule has 2 nitrogen and oxygen atoms in total. The summed E-state index contributed by atoms with van der Waals surface area (Å²) in [4.78, 5) is 10.1. The molecule has 0 radical (unpaired) electrons. The van der Waals surface area contributed by atoms with E-state index in [4.69, 9.17) is 0 Å². The zero-order valence-electron chi connectivity index (χ0n) is 17.0. The van der Waals surface area contributed by atoms with Gasteiger partial charge in [0, 0.05) is 42.5 Å². The Labute approximate surface area is 157 Å². The van der Waals surface area contributed by atoms with Gasteiger partial charge in [0.2, 0.25) is 0 Å². The van der Waals surface area contributed by atoms with Crippen molar-refractivity contribution in [2.24, 2.45) is 0 Å². The molecule has 1 N–H and O–H groups in total. The summed E-state index contributed by atoms with van der Waals surface area (Å²) < 4.78 is 12.0. The maximum absolute atomic E-state index is 12.0. The second-order valence-electron chi connectivity index (χ2n) is 8.56. The van der Waals surface area contributed by atoms with E-state index in [9.17, 15) is 9.18 Å². The highest BCUT2D eigenvalue weighted by atomic mass is 28.3. The molecule has 0 heterocycles. The van der Waals surface area contributed by atoms with Gasteiger partial charge in [-0.3, -0.25) is 0 Å². The summed E-state index contributed by atoms with van der Waals surface area (Å²) in [7, 11) is -1.52. The van der Waals surface area contributed by atoms with E-state index in [1.165, 1.54) is 31.4 Å². The van der Waals surface area contributed by atoms with Gasteiger partial charge in [0.15, 0.2) is 0 Å². The van der Waals surface area contributed by atoms with Crippen LogP contribution in [0.2, 0.25) is 68.5 Å². The fraction of sp³-hybridized carbons (Fsp3) is 0.941. The van der Waals surface area contributed by atoms with Gasteiger partial charge in [0.25, 0.3) is 0 Å². The monoisotopic (exact) mass is 407 g/mol. The zero-order valence-corrected chi connectivity index (χ0v) is 21.9. The molecule has 0 aliphatic heterocycles. The first kappa shape index (κ1) is 24.3. The molecule has 0 saturated carbocycles. The maximum Gasteiger partial charge on any atom is 0.397 e. The summed E-state index contributed by atoms with van der Waals surface area (Å²) in [6.45, 7) is 15.9. The first-order valence-corrected chi connectivity index (χ1v) is 21.3. The standard InChI is InChI=1S/C17H42FNOSi4/c1-22(2)14-16(24(5)6)15(23(3)4)10-7-8-12-21-13-9-11-19-17(18)20/h15-16,22-24H,7-14,21H2,1-6H3,(H,19,20). The quantitative estimate of drug-likeness (QED) is 0.196. The van der Waals surface area contributed by atoms with E-state index in [2.05, 4.69) is 44.6 Å². The Morgan fingerprint density at radius 2 is 1.54 bits per heavy atom. The van der Waals surface area contributed by atoms with Gasteiger partial charge in [-0.15, -0.1) is 4.39 Å². The van der Waals surface area contributed by atoms with Gasteiger partial charge in [-0.1, -0.05) is 82.2 Å². The molecule has 7 heteroatoms. The van der Waals surface area contributed by atoms with Crippen molar-refractivity contribution in [1.29, 1.82) is 0 Å². The minimum absolute atomic E-state index is 0.00217. The average Bonchev–Trinajstić information content (AvgIpc) is 2.46. The smallest absolute Gasteiger partial charge is 0.328 e. The summed E-state index contributed by atoms with van der Waals surface area (Å²) >= 11 is 0. The Morgan fingerprint density at radius 1 is 0.958 bits per heavy atom. The molecule has 0 bridgehead atoms. The Balaban J connectivity index is 3.98. The summed E-state index contributed by atoms with van der Waals surface area (Å²) in [6.07, 6.45) is 3.91. The first-order valence-electron chi connectivity index (χ1n) is 10.2. The Hall–Kier alpha value is 0.268. The summed E-state index contributed by atoms with van der Waals surface area (Å²) in [5.74, 6) is 0. The van der Waals surface area contributed by atoms with Gasteiger partial charge in [-0.05, 0) is 12.0 Å². The van der Waals surface area contributed by atoms with Crippen molar-refractivity contribution in [3.8, 4) is 0 Å². The van der Waals surface area contributed by atoms with Crippen LogP contribution in [0.4, 0.5) is 9.18 Å². The molecular weight excluding hydrogens is 366 g/mol. The summed E-state index contributed by atoms with van der Waals surface area (Å²) in [6, 6.07) is 4.26.